The first-order chi connectivity index (χ1) is 12.1. The lowest BCUT2D eigenvalue weighted by Gasteiger charge is -2.33. The van der Waals surface area contributed by atoms with Crippen molar-refractivity contribution in [2.45, 2.75) is 31.4 Å². The standard InChI is InChI=1S/C17H24N6O2/c1-17(12-18,13-4-5-13)21-16(24)11-23-7-8-25-14(10-23)9-19-15-3-2-6-20-22-15/h2-3,6,13-14H,4-5,7-11H2,1H3,(H,19,22)(H,21,24). The van der Waals surface area contributed by atoms with Gasteiger partial charge in [-0.25, -0.2) is 0 Å². The molecule has 0 aromatic carbocycles. The van der Waals surface area contributed by atoms with E-state index < -0.39 is 5.54 Å². The van der Waals surface area contributed by atoms with Gasteiger partial charge in [0, 0.05) is 25.8 Å². The number of carbonyl (C=O) groups excluding carboxylic acids is 1. The third-order valence-corrected chi connectivity index (χ3v) is 4.70. The van der Waals surface area contributed by atoms with E-state index in [1.807, 2.05) is 19.1 Å². The van der Waals surface area contributed by atoms with E-state index in [4.69, 9.17) is 4.74 Å². The van der Waals surface area contributed by atoms with E-state index in [9.17, 15) is 10.1 Å². The van der Waals surface area contributed by atoms with Crippen LogP contribution in [0.25, 0.3) is 0 Å². The third kappa shape index (κ3) is 4.87. The van der Waals surface area contributed by atoms with Crippen LogP contribution < -0.4 is 10.6 Å². The molecular weight excluding hydrogens is 320 g/mol. The van der Waals surface area contributed by atoms with Gasteiger partial charge in [-0.2, -0.15) is 10.4 Å². The van der Waals surface area contributed by atoms with Crippen LogP contribution in [0.4, 0.5) is 5.82 Å². The van der Waals surface area contributed by atoms with Crippen LogP contribution in [0.3, 0.4) is 0 Å². The first-order valence-corrected chi connectivity index (χ1v) is 8.67. The molecule has 2 atom stereocenters. The maximum atomic E-state index is 12.3. The van der Waals surface area contributed by atoms with Gasteiger partial charge in [0.05, 0.1) is 25.3 Å². The molecule has 2 fully saturated rings. The molecule has 1 aliphatic carbocycles. The molecule has 25 heavy (non-hydrogen) atoms. The number of aromatic nitrogens is 2. The maximum Gasteiger partial charge on any atom is 0.235 e. The molecule has 0 radical (unpaired) electrons. The van der Waals surface area contributed by atoms with E-state index in [0.717, 1.165) is 12.8 Å². The number of amides is 1. The molecule has 134 valence electrons. The van der Waals surface area contributed by atoms with E-state index in [0.29, 0.717) is 32.1 Å². The van der Waals surface area contributed by atoms with Gasteiger partial charge < -0.3 is 15.4 Å². The van der Waals surface area contributed by atoms with E-state index in [-0.39, 0.29) is 24.5 Å². The van der Waals surface area contributed by atoms with Crippen LogP contribution in [-0.2, 0) is 9.53 Å². The van der Waals surface area contributed by atoms with E-state index in [1.165, 1.54) is 0 Å². The summed E-state index contributed by atoms with van der Waals surface area (Å²) in [7, 11) is 0. The molecule has 2 N–H and O–H groups in total. The molecule has 1 amide bonds. The lowest BCUT2D eigenvalue weighted by molar-refractivity contribution is -0.125. The first-order valence-electron chi connectivity index (χ1n) is 8.67. The van der Waals surface area contributed by atoms with Gasteiger partial charge in [-0.05, 0) is 37.8 Å². The largest absolute Gasteiger partial charge is 0.374 e. The Morgan fingerprint density at radius 1 is 1.56 bits per heavy atom. The molecule has 3 rings (SSSR count). The van der Waals surface area contributed by atoms with Crippen molar-refractivity contribution in [3.8, 4) is 6.07 Å². The molecular formula is C17H24N6O2. The van der Waals surface area contributed by atoms with Crippen LogP contribution in [-0.4, -0.2) is 65.4 Å². The molecule has 0 spiro atoms. The SMILES string of the molecule is CC(C#N)(NC(=O)CN1CCOC(CNc2cccnn2)C1)C1CC1. The molecule has 1 aromatic rings. The summed E-state index contributed by atoms with van der Waals surface area (Å²) in [4.78, 5) is 14.4. The predicted octanol–water partition coefficient (Wildman–Crippen LogP) is 0.398. The van der Waals surface area contributed by atoms with Crippen LogP contribution in [0.1, 0.15) is 19.8 Å². The van der Waals surface area contributed by atoms with Gasteiger partial charge in [-0.1, -0.05) is 0 Å². The molecule has 2 unspecified atom stereocenters. The summed E-state index contributed by atoms with van der Waals surface area (Å²) in [6, 6.07) is 5.93. The number of morpholine rings is 1. The minimum atomic E-state index is -0.740. The molecule has 8 heteroatoms. The minimum Gasteiger partial charge on any atom is -0.374 e. The highest BCUT2D eigenvalue weighted by Gasteiger charge is 2.43. The summed E-state index contributed by atoms with van der Waals surface area (Å²) in [6.45, 7) is 4.66. The van der Waals surface area contributed by atoms with Gasteiger partial charge in [0.2, 0.25) is 5.91 Å². The second-order valence-electron chi connectivity index (χ2n) is 6.85. The number of nitriles is 1. The zero-order chi connectivity index (χ0) is 17.7. The molecule has 8 nitrogen and oxygen atoms in total. The zero-order valence-corrected chi connectivity index (χ0v) is 14.4. The normalized spacial score (nSPS) is 23.3. The van der Waals surface area contributed by atoms with Gasteiger partial charge in [0.25, 0.3) is 0 Å². The Labute approximate surface area is 147 Å². The summed E-state index contributed by atoms with van der Waals surface area (Å²) in [5.41, 5.74) is -0.740. The summed E-state index contributed by atoms with van der Waals surface area (Å²) >= 11 is 0. The number of rotatable bonds is 7. The molecule has 1 saturated heterocycles. The van der Waals surface area contributed by atoms with Gasteiger partial charge >= 0.3 is 0 Å². The van der Waals surface area contributed by atoms with Crippen molar-refractivity contribution in [3.05, 3.63) is 18.3 Å². The molecule has 2 heterocycles. The Hall–Kier alpha value is -2.24. The third-order valence-electron chi connectivity index (χ3n) is 4.70. The number of nitrogens with zero attached hydrogens (tertiary/aromatic N) is 4. The fraction of sp³-hybridized carbons (Fsp3) is 0.647. The average molecular weight is 344 g/mol. The number of anilines is 1. The maximum absolute atomic E-state index is 12.3. The summed E-state index contributed by atoms with van der Waals surface area (Å²) < 4.78 is 5.75. The Morgan fingerprint density at radius 2 is 2.40 bits per heavy atom. The lowest BCUT2D eigenvalue weighted by atomic mass is 9.98. The average Bonchev–Trinajstić information content (AvgIpc) is 3.46. The van der Waals surface area contributed by atoms with Crippen LogP contribution in [0.2, 0.25) is 0 Å². The van der Waals surface area contributed by atoms with Crippen LogP contribution in [0, 0.1) is 17.2 Å². The van der Waals surface area contributed by atoms with Crippen LogP contribution in [0.5, 0.6) is 0 Å². The highest BCUT2D eigenvalue weighted by atomic mass is 16.5. The minimum absolute atomic E-state index is 0.0191. The lowest BCUT2D eigenvalue weighted by Crippen LogP contribution is -2.53. The van der Waals surface area contributed by atoms with Crippen molar-refractivity contribution >= 4 is 11.7 Å². The Morgan fingerprint density at radius 3 is 3.08 bits per heavy atom. The molecule has 1 aliphatic heterocycles. The van der Waals surface area contributed by atoms with Crippen LogP contribution in [0.15, 0.2) is 18.3 Å². The quantitative estimate of drug-likeness (QED) is 0.738. The van der Waals surface area contributed by atoms with Crippen molar-refractivity contribution in [1.82, 2.24) is 20.4 Å². The monoisotopic (exact) mass is 344 g/mol. The van der Waals surface area contributed by atoms with Crippen molar-refractivity contribution in [2.24, 2.45) is 5.92 Å². The number of nitrogens with one attached hydrogen (secondary N) is 2. The molecule has 0 bridgehead atoms. The summed E-state index contributed by atoms with van der Waals surface area (Å²) in [6.07, 6.45) is 3.63. The molecule has 1 saturated carbocycles. The molecule has 1 aromatic heterocycles. The summed E-state index contributed by atoms with van der Waals surface area (Å²) in [5.74, 6) is 0.892. The molecule has 2 aliphatic rings. The van der Waals surface area contributed by atoms with Gasteiger partial charge in [-0.3, -0.25) is 9.69 Å². The number of hydrogen-bond donors (Lipinski definition) is 2. The van der Waals surface area contributed by atoms with Gasteiger partial charge in [-0.15, -0.1) is 5.10 Å². The van der Waals surface area contributed by atoms with Crippen molar-refractivity contribution < 1.29 is 9.53 Å². The number of hydrogen-bond acceptors (Lipinski definition) is 7. The Kier molecular flexibility index (Phi) is 5.46. The Bertz CT molecular complexity index is 630. The predicted molar refractivity (Wildman–Crippen MR) is 91.6 cm³/mol. The topological polar surface area (TPSA) is 103 Å². The second-order valence-corrected chi connectivity index (χ2v) is 6.85. The zero-order valence-electron chi connectivity index (χ0n) is 14.4. The smallest absolute Gasteiger partial charge is 0.235 e. The summed E-state index contributed by atoms with van der Waals surface area (Å²) in [5, 5.41) is 23.3. The highest BCUT2D eigenvalue weighted by Crippen LogP contribution is 2.39. The second kappa shape index (κ2) is 7.76. The first kappa shape index (κ1) is 17.6. The van der Waals surface area contributed by atoms with E-state index in [2.05, 4.69) is 31.8 Å². The van der Waals surface area contributed by atoms with Crippen molar-refractivity contribution in [3.63, 3.8) is 0 Å². The van der Waals surface area contributed by atoms with Gasteiger partial charge in [0.15, 0.2) is 0 Å². The van der Waals surface area contributed by atoms with Crippen molar-refractivity contribution in [2.75, 3.05) is 38.1 Å². The Balaban J connectivity index is 1.45. The highest BCUT2D eigenvalue weighted by molar-refractivity contribution is 5.79. The fourth-order valence-corrected chi connectivity index (χ4v) is 3.08. The fourth-order valence-electron chi connectivity index (χ4n) is 3.08. The van der Waals surface area contributed by atoms with Gasteiger partial charge in [0.1, 0.15) is 11.4 Å². The van der Waals surface area contributed by atoms with Crippen LogP contribution >= 0.6 is 0 Å². The van der Waals surface area contributed by atoms with Crippen molar-refractivity contribution in [1.29, 1.82) is 5.26 Å². The number of ether oxygens (including phenoxy) is 1. The van der Waals surface area contributed by atoms with E-state index in [1.54, 1.807) is 6.20 Å². The van der Waals surface area contributed by atoms with E-state index >= 15 is 0 Å². The number of carbonyl (C=O) groups is 1.